The van der Waals surface area contributed by atoms with Crippen LogP contribution < -0.4 is 9.62 Å². The molecule has 2 amide bonds. The molecule has 39 heavy (non-hydrogen) atoms. The lowest BCUT2D eigenvalue weighted by atomic mass is 10.1. The molecule has 0 aliphatic rings. The summed E-state index contributed by atoms with van der Waals surface area (Å²) in [6, 6.07) is 19.7. The standard InChI is InChI=1S/C30H36ClN3O4S/c1-5-6-16-32-30(36)24(4)33(20-25-12-10-11-15-28(25)31)29(35)21-34(26-18-22(2)17-23(3)19-26)39(37,38)27-13-8-7-9-14-27/h7-15,17-19,24H,5-6,16,20-21H2,1-4H3,(H,32,36)/t24-/m0/s1. The van der Waals surface area contributed by atoms with Gasteiger partial charge >= 0.3 is 0 Å². The van der Waals surface area contributed by atoms with E-state index in [1.165, 1.54) is 17.0 Å². The first-order valence-electron chi connectivity index (χ1n) is 13.0. The van der Waals surface area contributed by atoms with Crippen LogP contribution in [0.25, 0.3) is 0 Å². The Hall–Kier alpha value is -3.36. The second-order valence-corrected chi connectivity index (χ2v) is 11.9. The van der Waals surface area contributed by atoms with Crippen LogP contribution in [0, 0.1) is 13.8 Å². The molecule has 3 aromatic rings. The molecule has 7 nitrogen and oxygen atoms in total. The highest BCUT2D eigenvalue weighted by atomic mass is 35.5. The number of carbonyl (C=O) groups is 2. The van der Waals surface area contributed by atoms with Crippen molar-refractivity contribution in [3.8, 4) is 0 Å². The van der Waals surface area contributed by atoms with Gasteiger partial charge in [-0.3, -0.25) is 13.9 Å². The summed E-state index contributed by atoms with van der Waals surface area (Å²) in [6.07, 6.45) is 1.73. The van der Waals surface area contributed by atoms with E-state index in [0.717, 1.165) is 28.3 Å². The van der Waals surface area contributed by atoms with E-state index in [-0.39, 0.29) is 17.3 Å². The van der Waals surface area contributed by atoms with Crippen molar-refractivity contribution in [2.24, 2.45) is 0 Å². The van der Waals surface area contributed by atoms with Crippen LogP contribution in [0.3, 0.4) is 0 Å². The number of anilines is 1. The number of hydrogen-bond acceptors (Lipinski definition) is 4. The number of nitrogens with zero attached hydrogens (tertiary/aromatic N) is 2. The minimum Gasteiger partial charge on any atom is -0.354 e. The van der Waals surface area contributed by atoms with Gasteiger partial charge < -0.3 is 10.2 Å². The molecule has 0 aliphatic carbocycles. The highest BCUT2D eigenvalue weighted by Gasteiger charge is 2.32. The van der Waals surface area contributed by atoms with Crippen molar-refractivity contribution in [2.75, 3.05) is 17.4 Å². The molecule has 3 aromatic carbocycles. The van der Waals surface area contributed by atoms with E-state index >= 15 is 0 Å². The Morgan fingerprint density at radius 3 is 2.18 bits per heavy atom. The number of benzene rings is 3. The van der Waals surface area contributed by atoms with Gasteiger partial charge in [-0.25, -0.2) is 8.42 Å². The van der Waals surface area contributed by atoms with Crippen LogP contribution in [-0.2, 0) is 26.2 Å². The normalized spacial score (nSPS) is 12.0. The summed E-state index contributed by atoms with van der Waals surface area (Å²) in [4.78, 5) is 28.5. The first-order valence-corrected chi connectivity index (χ1v) is 14.8. The van der Waals surface area contributed by atoms with Gasteiger partial charge in [0.25, 0.3) is 10.0 Å². The molecule has 0 saturated heterocycles. The Bertz CT molecular complexity index is 1380. The average molecular weight is 570 g/mol. The van der Waals surface area contributed by atoms with Gasteiger partial charge in [0, 0.05) is 18.1 Å². The number of halogens is 1. The first-order chi connectivity index (χ1) is 18.5. The first kappa shape index (κ1) is 30.2. The summed E-state index contributed by atoms with van der Waals surface area (Å²) < 4.78 is 28.8. The molecule has 1 atom stereocenters. The monoisotopic (exact) mass is 569 g/mol. The molecule has 0 fully saturated rings. The molecule has 0 bridgehead atoms. The third-order valence-electron chi connectivity index (χ3n) is 6.40. The fourth-order valence-corrected chi connectivity index (χ4v) is 5.89. The third kappa shape index (κ3) is 7.83. The van der Waals surface area contributed by atoms with E-state index < -0.39 is 28.5 Å². The number of rotatable bonds is 12. The fraction of sp³-hybridized carbons (Fsp3) is 0.333. The highest BCUT2D eigenvalue weighted by Crippen LogP contribution is 2.27. The second-order valence-electron chi connectivity index (χ2n) is 9.60. The van der Waals surface area contributed by atoms with Crippen LogP contribution in [0.4, 0.5) is 5.69 Å². The lowest BCUT2D eigenvalue weighted by molar-refractivity contribution is -0.139. The largest absolute Gasteiger partial charge is 0.354 e. The maximum absolute atomic E-state index is 14.0. The summed E-state index contributed by atoms with van der Waals surface area (Å²) in [5.74, 6) is -0.834. The molecule has 0 radical (unpaired) electrons. The van der Waals surface area contributed by atoms with Gasteiger partial charge in [0.2, 0.25) is 11.8 Å². The lowest BCUT2D eigenvalue weighted by Gasteiger charge is -2.32. The van der Waals surface area contributed by atoms with Crippen LogP contribution >= 0.6 is 11.6 Å². The van der Waals surface area contributed by atoms with Gasteiger partial charge in [0.15, 0.2) is 0 Å². The van der Waals surface area contributed by atoms with Gasteiger partial charge in [-0.1, -0.05) is 67.4 Å². The number of carbonyl (C=O) groups excluding carboxylic acids is 2. The Morgan fingerprint density at radius 2 is 1.56 bits per heavy atom. The van der Waals surface area contributed by atoms with Crippen molar-refractivity contribution >= 4 is 39.1 Å². The maximum Gasteiger partial charge on any atom is 0.264 e. The van der Waals surface area contributed by atoms with E-state index in [2.05, 4.69) is 5.32 Å². The number of unbranched alkanes of at least 4 members (excludes halogenated alkanes) is 1. The van der Waals surface area contributed by atoms with Crippen LogP contribution in [0.1, 0.15) is 43.4 Å². The Balaban J connectivity index is 2.03. The smallest absolute Gasteiger partial charge is 0.264 e. The number of amides is 2. The van der Waals surface area contributed by atoms with Crippen molar-refractivity contribution in [1.29, 1.82) is 0 Å². The zero-order chi connectivity index (χ0) is 28.6. The van der Waals surface area contributed by atoms with E-state index in [1.807, 2.05) is 26.8 Å². The van der Waals surface area contributed by atoms with Crippen LogP contribution in [0.2, 0.25) is 5.02 Å². The van der Waals surface area contributed by atoms with Crippen molar-refractivity contribution in [3.05, 3.63) is 94.5 Å². The van der Waals surface area contributed by atoms with E-state index in [1.54, 1.807) is 61.5 Å². The van der Waals surface area contributed by atoms with Crippen molar-refractivity contribution in [3.63, 3.8) is 0 Å². The highest BCUT2D eigenvalue weighted by molar-refractivity contribution is 7.92. The van der Waals surface area contributed by atoms with Crippen molar-refractivity contribution in [2.45, 2.75) is 58.0 Å². The SMILES string of the molecule is CCCCNC(=O)[C@H](C)N(Cc1ccccc1Cl)C(=O)CN(c1cc(C)cc(C)c1)S(=O)(=O)c1ccccc1. The Kier molecular flexibility index (Phi) is 10.5. The molecule has 208 valence electrons. The van der Waals surface area contributed by atoms with Crippen LogP contribution in [0.5, 0.6) is 0 Å². The maximum atomic E-state index is 14.0. The third-order valence-corrected chi connectivity index (χ3v) is 8.56. The number of aryl methyl sites for hydroxylation is 2. The molecule has 3 rings (SSSR count). The second kappa shape index (κ2) is 13.6. The average Bonchev–Trinajstić information content (AvgIpc) is 2.90. The molecule has 0 spiro atoms. The van der Waals surface area contributed by atoms with Gasteiger partial charge in [-0.15, -0.1) is 0 Å². The molecule has 0 aromatic heterocycles. The van der Waals surface area contributed by atoms with Crippen LogP contribution in [0.15, 0.2) is 77.7 Å². The van der Waals surface area contributed by atoms with E-state index in [4.69, 9.17) is 11.6 Å². The number of hydrogen-bond donors (Lipinski definition) is 1. The Morgan fingerprint density at radius 1 is 0.949 bits per heavy atom. The minimum absolute atomic E-state index is 0.0486. The summed E-state index contributed by atoms with van der Waals surface area (Å²) in [5, 5.41) is 3.33. The summed E-state index contributed by atoms with van der Waals surface area (Å²) in [6.45, 7) is 7.46. The predicted molar refractivity (Wildman–Crippen MR) is 156 cm³/mol. The van der Waals surface area contributed by atoms with Crippen molar-refractivity contribution in [1.82, 2.24) is 10.2 Å². The van der Waals surface area contributed by atoms with Crippen molar-refractivity contribution < 1.29 is 18.0 Å². The van der Waals surface area contributed by atoms with Gasteiger partial charge in [0.05, 0.1) is 10.6 Å². The molecular formula is C30H36ClN3O4S. The summed E-state index contributed by atoms with van der Waals surface area (Å²) in [5.41, 5.74) is 2.76. The molecule has 0 unspecified atom stereocenters. The van der Waals surface area contributed by atoms with Gasteiger partial charge in [-0.2, -0.15) is 0 Å². The predicted octanol–water partition coefficient (Wildman–Crippen LogP) is 5.49. The lowest BCUT2D eigenvalue weighted by Crippen LogP contribution is -2.51. The molecule has 0 aliphatic heterocycles. The quantitative estimate of drug-likeness (QED) is 0.292. The van der Waals surface area contributed by atoms with E-state index in [0.29, 0.717) is 22.8 Å². The Labute approximate surface area is 236 Å². The fourth-order valence-electron chi connectivity index (χ4n) is 4.27. The molecule has 0 heterocycles. The van der Waals surface area contributed by atoms with Crippen LogP contribution in [-0.4, -0.2) is 44.3 Å². The molecule has 0 saturated carbocycles. The molecular weight excluding hydrogens is 534 g/mol. The summed E-state index contributed by atoms with van der Waals surface area (Å²) in [7, 11) is -4.10. The molecule has 1 N–H and O–H groups in total. The topological polar surface area (TPSA) is 86.8 Å². The minimum atomic E-state index is -4.10. The van der Waals surface area contributed by atoms with Gasteiger partial charge in [0.1, 0.15) is 12.6 Å². The van der Waals surface area contributed by atoms with Gasteiger partial charge in [-0.05, 0) is 74.2 Å². The zero-order valence-corrected chi connectivity index (χ0v) is 24.4. The van der Waals surface area contributed by atoms with E-state index in [9.17, 15) is 18.0 Å². The zero-order valence-electron chi connectivity index (χ0n) is 22.9. The number of nitrogens with one attached hydrogen (secondary N) is 1. The molecule has 9 heteroatoms. The number of sulfonamides is 1. The summed E-state index contributed by atoms with van der Waals surface area (Å²) >= 11 is 6.40.